The molecule has 0 spiro atoms. The molecule has 2 aromatic heterocycles. The second kappa shape index (κ2) is 6.24. The van der Waals surface area contributed by atoms with Gasteiger partial charge in [-0.15, -0.1) is 11.3 Å². The third-order valence-corrected chi connectivity index (χ3v) is 4.47. The predicted molar refractivity (Wildman–Crippen MR) is 87.4 cm³/mol. The van der Waals surface area contributed by atoms with E-state index in [2.05, 4.69) is 22.3 Å². The lowest BCUT2D eigenvalue weighted by molar-refractivity contribution is 0.408. The van der Waals surface area contributed by atoms with Crippen molar-refractivity contribution in [1.82, 2.24) is 14.8 Å². The van der Waals surface area contributed by atoms with Gasteiger partial charge in [-0.1, -0.05) is 24.3 Å². The van der Waals surface area contributed by atoms with Crippen molar-refractivity contribution in [3.8, 4) is 16.5 Å². The number of aromatic nitrogens is 3. The number of ether oxygens (including phenoxy) is 1. The third kappa shape index (κ3) is 2.91. The number of nitrogens with zero attached hydrogens (tertiary/aromatic N) is 2. The van der Waals surface area contributed by atoms with Crippen LogP contribution in [0.1, 0.15) is 5.56 Å². The average molecular weight is 317 g/mol. The fourth-order valence-corrected chi connectivity index (χ4v) is 3.21. The molecule has 4 nitrogen and oxygen atoms in total. The Kier molecular flexibility index (Phi) is 4.17. The van der Waals surface area contributed by atoms with E-state index >= 15 is 0 Å². The molecule has 2 heterocycles. The van der Waals surface area contributed by atoms with Crippen LogP contribution in [0.3, 0.4) is 0 Å². The molecule has 0 fully saturated rings. The molecule has 0 aliphatic carbocycles. The Balaban J connectivity index is 1.86. The first-order chi connectivity index (χ1) is 10.3. The maximum absolute atomic E-state index is 5.39. The van der Waals surface area contributed by atoms with E-state index in [4.69, 9.17) is 17.0 Å². The van der Waals surface area contributed by atoms with Crippen LogP contribution in [0.4, 0.5) is 0 Å². The largest absolute Gasteiger partial charge is 0.496 e. The number of aromatic amines is 1. The number of rotatable bonds is 5. The molecule has 0 amide bonds. The number of para-hydroxylation sites is 1. The molecular weight excluding hydrogens is 302 g/mol. The average Bonchev–Trinajstić information content (AvgIpc) is 3.15. The third-order valence-electron chi connectivity index (χ3n) is 3.30. The molecule has 0 radical (unpaired) electrons. The molecule has 0 saturated heterocycles. The molecule has 0 saturated carbocycles. The highest BCUT2D eigenvalue weighted by Gasteiger charge is 2.10. The van der Waals surface area contributed by atoms with Crippen LogP contribution in [-0.2, 0) is 13.0 Å². The molecule has 1 aromatic carbocycles. The second-order valence-electron chi connectivity index (χ2n) is 4.54. The first-order valence-corrected chi connectivity index (χ1v) is 7.89. The summed E-state index contributed by atoms with van der Waals surface area (Å²) in [6.45, 7) is 0.767. The first kappa shape index (κ1) is 14.0. The molecule has 21 heavy (non-hydrogen) atoms. The summed E-state index contributed by atoms with van der Waals surface area (Å²) < 4.78 is 8.07. The van der Waals surface area contributed by atoms with Crippen molar-refractivity contribution in [2.45, 2.75) is 13.0 Å². The Hall–Kier alpha value is -1.92. The maximum Gasteiger partial charge on any atom is 0.195 e. The van der Waals surface area contributed by atoms with Crippen molar-refractivity contribution in [2.75, 3.05) is 7.11 Å². The van der Waals surface area contributed by atoms with Gasteiger partial charge in [0.1, 0.15) is 5.75 Å². The summed E-state index contributed by atoms with van der Waals surface area (Å²) in [6, 6.07) is 12.1. The molecule has 0 aliphatic heterocycles. The smallest absolute Gasteiger partial charge is 0.195 e. The number of hydrogen-bond donors (Lipinski definition) is 1. The summed E-state index contributed by atoms with van der Waals surface area (Å²) in [7, 11) is 1.69. The van der Waals surface area contributed by atoms with Gasteiger partial charge in [0.2, 0.25) is 0 Å². The summed E-state index contributed by atoms with van der Waals surface area (Å²) in [5.74, 6) is 1.80. The van der Waals surface area contributed by atoms with E-state index < -0.39 is 0 Å². The van der Waals surface area contributed by atoms with Crippen molar-refractivity contribution in [3.63, 3.8) is 0 Å². The minimum atomic E-state index is 0.647. The highest BCUT2D eigenvalue weighted by Crippen LogP contribution is 2.24. The van der Waals surface area contributed by atoms with E-state index in [0.29, 0.717) is 4.77 Å². The van der Waals surface area contributed by atoms with Crippen molar-refractivity contribution >= 4 is 23.6 Å². The van der Waals surface area contributed by atoms with Gasteiger partial charge in [-0.25, -0.2) is 0 Å². The normalized spacial score (nSPS) is 10.7. The molecule has 0 bridgehead atoms. The Morgan fingerprint density at radius 3 is 2.90 bits per heavy atom. The zero-order chi connectivity index (χ0) is 14.7. The van der Waals surface area contributed by atoms with E-state index in [1.54, 1.807) is 18.4 Å². The minimum Gasteiger partial charge on any atom is -0.496 e. The molecule has 1 N–H and O–H groups in total. The fourth-order valence-electron chi connectivity index (χ4n) is 2.26. The number of thiophene rings is 1. The van der Waals surface area contributed by atoms with E-state index in [1.807, 2.05) is 34.2 Å². The summed E-state index contributed by atoms with van der Waals surface area (Å²) >= 11 is 7.00. The molecular formula is C15H15N3OS2. The van der Waals surface area contributed by atoms with Gasteiger partial charge in [0.25, 0.3) is 0 Å². The van der Waals surface area contributed by atoms with Crippen LogP contribution < -0.4 is 4.74 Å². The maximum atomic E-state index is 5.39. The monoisotopic (exact) mass is 317 g/mol. The van der Waals surface area contributed by atoms with E-state index in [9.17, 15) is 0 Å². The van der Waals surface area contributed by atoms with Crippen molar-refractivity contribution < 1.29 is 4.74 Å². The van der Waals surface area contributed by atoms with Gasteiger partial charge in [0.15, 0.2) is 10.6 Å². The summed E-state index contributed by atoms with van der Waals surface area (Å²) in [5.41, 5.74) is 1.17. The van der Waals surface area contributed by atoms with Crippen molar-refractivity contribution in [1.29, 1.82) is 0 Å². The van der Waals surface area contributed by atoms with E-state index in [1.165, 1.54) is 5.56 Å². The van der Waals surface area contributed by atoms with Crippen molar-refractivity contribution in [3.05, 3.63) is 52.1 Å². The van der Waals surface area contributed by atoms with Crippen LogP contribution in [-0.4, -0.2) is 21.9 Å². The van der Waals surface area contributed by atoms with Crippen LogP contribution in [0.15, 0.2) is 41.8 Å². The summed E-state index contributed by atoms with van der Waals surface area (Å²) in [4.78, 5) is 1.11. The quantitative estimate of drug-likeness (QED) is 0.725. The van der Waals surface area contributed by atoms with Gasteiger partial charge in [0, 0.05) is 6.54 Å². The lowest BCUT2D eigenvalue weighted by Crippen LogP contribution is -2.04. The van der Waals surface area contributed by atoms with E-state index in [0.717, 1.165) is 29.4 Å². The lowest BCUT2D eigenvalue weighted by atomic mass is 10.1. The van der Waals surface area contributed by atoms with Gasteiger partial charge in [-0.05, 0) is 41.7 Å². The van der Waals surface area contributed by atoms with Crippen LogP contribution in [0.25, 0.3) is 10.7 Å². The van der Waals surface area contributed by atoms with Crippen LogP contribution in [0.5, 0.6) is 5.75 Å². The highest BCUT2D eigenvalue weighted by molar-refractivity contribution is 7.71. The topological polar surface area (TPSA) is 42.8 Å². The van der Waals surface area contributed by atoms with Crippen molar-refractivity contribution in [2.24, 2.45) is 0 Å². The Labute approximate surface area is 132 Å². The number of hydrogen-bond acceptors (Lipinski definition) is 4. The van der Waals surface area contributed by atoms with Gasteiger partial charge >= 0.3 is 0 Å². The number of benzene rings is 1. The molecule has 108 valence electrons. The lowest BCUT2D eigenvalue weighted by Gasteiger charge is -2.09. The second-order valence-corrected chi connectivity index (χ2v) is 5.88. The number of methoxy groups -OCH3 is 1. The van der Waals surface area contributed by atoms with Crippen LogP contribution in [0.2, 0.25) is 0 Å². The number of H-pyrrole nitrogens is 1. The zero-order valence-electron chi connectivity index (χ0n) is 11.6. The Bertz CT molecular complexity index is 774. The molecule has 0 atom stereocenters. The van der Waals surface area contributed by atoms with E-state index in [-0.39, 0.29) is 0 Å². The summed E-state index contributed by atoms with van der Waals surface area (Å²) in [5, 5.41) is 9.26. The van der Waals surface area contributed by atoms with Gasteiger partial charge in [-0.2, -0.15) is 5.10 Å². The van der Waals surface area contributed by atoms with Crippen LogP contribution >= 0.6 is 23.6 Å². The minimum absolute atomic E-state index is 0.647. The SMILES string of the molecule is COc1ccccc1CCn1c(-c2cccs2)n[nH]c1=S. The fraction of sp³-hybridized carbons (Fsp3) is 0.200. The van der Waals surface area contributed by atoms with Gasteiger partial charge in [0.05, 0.1) is 12.0 Å². The highest BCUT2D eigenvalue weighted by atomic mass is 32.1. The zero-order valence-corrected chi connectivity index (χ0v) is 13.2. The first-order valence-electron chi connectivity index (χ1n) is 6.60. The molecule has 0 unspecified atom stereocenters. The Morgan fingerprint density at radius 2 is 2.14 bits per heavy atom. The number of aryl methyl sites for hydroxylation is 1. The Morgan fingerprint density at radius 1 is 1.29 bits per heavy atom. The molecule has 3 rings (SSSR count). The van der Waals surface area contributed by atoms with Gasteiger partial charge in [-0.3, -0.25) is 9.67 Å². The predicted octanol–water partition coefficient (Wildman–Crippen LogP) is 3.92. The van der Waals surface area contributed by atoms with Crippen LogP contribution in [0, 0.1) is 4.77 Å². The standard InChI is InChI=1S/C15H15N3OS2/c1-19-12-6-3-2-5-11(12)8-9-18-14(16-17-15(18)20)13-7-4-10-21-13/h2-7,10H,8-9H2,1H3,(H,17,20). The van der Waals surface area contributed by atoms with Gasteiger partial charge < -0.3 is 4.74 Å². The molecule has 3 aromatic rings. The molecule has 6 heteroatoms. The number of nitrogens with one attached hydrogen (secondary N) is 1. The molecule has 0 aliphatic rings. The summed E-state index contributed by atoms with van der Waals surface area (Å²) in [6.07, 6.45) is 0.843.